The summed E-state index contributed by atoms with van der Waals surface area (Å²) < 4.78 is 13.8. The molecule has 0 radical (unpaired) electrons. The number of amides is 1. The minimum Gasteiger partial charge on any atom is -0.477 e. The molecule has 3 aromatic rings. The van der Waals surface area contributed by atoms with Gasteiger partial charge >= 0.3 is 0 Å². The fourth-order valence-electron chi connectivity index (χ4n) is 5.98. The number of carbonyl (C=O) groups excluding carboxylic acids is 1. The van der Waals surface area contributed by atoms with Crippen molar-refractivity contribution in [2.75, 3.05) is 31.3 Å². The number of benzene rings is 1. The molecule has 2 bridgehead atoms. The topological polar surface area (TPSA) is 81.8 Å². The molecule has 3 aliphatic heterocycles. The van der Waals surface area contributed by atoms with Gasteiger partial charge in [0, 0.05) is 35.8 Å². The number of rotatable bonds is 3. The van der Waals surface area contributed by atoms with E-state index in [1.165, 1.54) is 16.8 Å². The van der Waals surface area contributed by atoms with Gasteiger partial charge in [-0.25, -0.2) is 4.68 Å². The van der Waals surface area contributed by atoms with E-state index in [0.29, 0.717) is 42.2 Å². The van der Waals surface area contributed by atoms with Gasteiger partial charge in [0.1, 0.15) is 5.84 Å². The van der Waals surface area contributed by atoms with Crippen LogP contribution in [-0.2, 0) is 17.6 Å². The van der Waals surface area contributed by atoms with Crippen molar-refractivity contribution in [3.8, 4) is 17.1 Å². The monoisotopic (exact) mass is 525 g/mol. The molecule has 2 aromatic heterocycles. The first-order valence-corrected chi connectivity index (χ1v) is 14.3. The van der Waals surface area contributed by atoms with Gasteiger partial charge in [-0.2, -0.15) is 10.1 Å². The van der Waals surface area contributed by atoms with Crippen LogP contribution in [-0.4, -0.2) is 52.9 Å². The Bertz CT molecular complexity index is 1450. The van der Waals surface area contributed by atoms with Crippen LogP contribution in [0.25, 0.3) is 11.3 Å². The van der Waals surface area contributed by atoms with E-state index in [1.54, 1.807) is 0 Å². The van der Waals surface area contributed by atoms with Crippen molar-refractivity contribution < 1.29 is 14.3 Å². The summed E-state index contributed by atoms with van der Waals surface area (Å²) in [5, 5.41) is 4.65. The van der Waals surface area contributed by atoms with Crippen molar-refractivity contribution in [3.63, 3.8) is 0 Å². The normalized spacial score (nSPS) is 21.6. The van der Waals surface area contributed by atoms with Gasteiger partial charge in [-0.1, -0.05) is 19.1 Å². The average molecular weight is 526 g/mol. The van der Waals surface area contributed by atoms with Crippen LogP contribution in [0.1, 0.15) is 65.8 Å². The molecular formula is C31H35N5O3. The van der Waals surface area contributed by atoms with Crippen molar-refractivity contribution in [3.05, 3.63) is 58.9 Å². The van der Waals surface area contributed by atoms with Gasteiger partial charge in [-0.3, -0.25) is 9.78 Å². The highest BCUT2D eigenvalue weighted by Crippen LogP contribution is 2.41. The number of ether oxygens (including phenoxy) is 2. The van der Waals surface area contributed by atoms with E-state index in [0.717, 1.165) is 74.8 Å². The van der Waals surface area contributed by atoms with Crippen LogP contribution < -0.4 is 9.64 Å². The third-order valence-electron chi connectivity index (χ3n) is 8.25. The number of anilines is 1. The van der Waals surface area contributed by atoms with E-state index >= 15 is 0 Å². The van der Waals surface area contributed by atoms with Gasteiger partial charge < -0.3 is 14.4 Å². The summed E-state index contributed by atoms with van der Waals surface area (Å²) >= 11 is 0. The Morgan fingerprint density at radius 3 is 2.77 bits per heavy atom. The predicted octanol–water partition coefficient (Wildman–Crippen LogP) is 5.19. The maximum Gasteiger partial charge on any atom is 0.278 e. The number of hydrogen-bond acceptors (Lipinski definition) is 6. The molecule has 5 heterocycles. The molecule has 1 saturated carbocycles. The number of amidine groups is 1. The van der Waals surface area contributed by atoms with Crippen LogP contribution in [0.5, 0.6) is 5.88 Å². The zero-order valence-corrected chi connectivity index (χ0v) is 22.7. The predicted molar refractivity (Wildman–Crippen MR) is 150 cm³/mol. The van der Waals surface area contributed by atoms with Gasteiger partial charge in [-0.05, 0) is 74.3 Å². The van der Waals surface area contributed by atoms with E-state index in [1.807, 2.05) is 29.9 Å². The Morgan fingerprint density at radius 2 is 1.97 bits per heavy atom. The first-order chi connectivity index (χ1) is 19.0. The van der Waals surface area contributed by atoms with Gasteiger partial charge in [0.2, 0.25) is 5.88 Å². The largest absolute Gasteiger partial charge is 0.477 e. The molecule has 1 saturated heterocycles. The van der Waals surface area contributed by atoms with Crippen molar-refractivity contribution >= 4 is 17.4 Å². The number of aryl methyl sites for hydroxylation is 1. The number of hydrogen-bond donors (Lipinski definition) is 0. The number of nitrogens with zero attached hydrogens (tertiary/aromatic N) is 5. The minimum absolute atomic E-state index is 0.235. The van der Waals surface area contributed by atoms with Crippen molar-refractivity contribution in [1.82, 2.24) is 14.8 Å². The van der Waals surface area contributed by atoms with Crippen molar-refractivity contribution in [1.29, 1.82) is 0 Å². The lowest BCUT2D eigenvalue weighted by Crippen LogP contribution is -2.32. The van der Waals surface area contributed by atoms with Crippen LogP contribution in [0.15, 0.2) is 41.5 Å². The molecule has 8 nitrogen and oxygen atoms in total. The van der Waals surface area contributed by atoms with Gasteiger partial charge in [-0.15, -0.1) is 0 Å². The third kappa shape index (κ3) is 4.86. The molecular weight excluding hydrogens is 490 g/mol. The number of carbonyl (C=O) groups is 1. The summed E-state index contributed by atoms with van der Waals surface area (Å²) in [6.45, 7) is 7.34. The summed E-state index contributed by atoms with van der Waals surface area (Å²) in [5.74, 6) is 2.38. The Morgan fingerprint density at radius 1 is 1.10 bits per heavy atom. The summed E-state index contributed by atoms with van der Waals surface area (Å²) in [6.07, 6.45) is 7.73. The summed E-state index contributed by atoms with van der Waals surface area (Å²) in [5.41, 5.74) is 6.62. The van der Waals surface area contributed by atoms with Gasteiger partial charge in [0.15, 0.2) is 0 Å². The van der Waals surface area contributed by atoms with Crippen LogP contribution in [0.4, 0.5) is 5.69 Å². The molecule has 1 amide bonds. The number of fused-ring (bicyclic) bond motifs is 7. The molecule has 1 aliphatic carbocycles. The number of aliphatic imine (C=N–C) groups is 1. The van der Waals surface area contributed by atoms with E-state index in [-0.39, 0.29) is 5.91 Å². The standard InChI is InChI=1S/C31H35N5O3/c1-19-4-3-9-39-31-26(15-32-36(31)25-6-7-25)27-13-24(10-20(2)33-27)30(37)34-29-14-23-12-21(11-22-17-38-18-22)5-8-28(23)35(29)16-19/h5,8,10,12-13,15,19,22,25H,3-4,6-7,9,11,14,16-18H2,1-2H3/t19-/m1/s1. The van der Waals surface area contributed by atoms with E-state index in [4.69, 9.17) is 19.5 Å². The molecule has 202 valence electrons. The summed E-state index contributed by atoms with van der Waals surface area (Å²) in [7, 11) is 0. The molecule has 0 N–H and O–H groups in total. The van der Waals surface area contributed by atoms with E-state index in [2.05, 4.69) is 35.1 Å². The molecule has 8 heteroatoms. The summed E-state index contributed by atoms with van der Waals surface area (Å²) in [4.78, 5) is 25.4. The second-order valence-electron chi connectivity index (χ2n) is 11.7. The molecule has 7 rings (SSSR count). The van der Waals surface area contributed by atoms with E-state index < -0.39 is 0 Å². The lowest BCUT2D eigenvalue weighted by molar-refractivity contribution is -0.0312. The van der Waals surface area contributed by atoms with Crippen LogP contribution in [0.3, 0.4) is 0 Å². The lowest BCUT2D eigenvalue weighted by Gasteiger charge is -2.26. The SMILES string of the molecule is Cc1cc2cc(n1)-c1cnn(C3CC3)c1OCCC[C@@H](C)CN1C(=NC2=O)Cc2cc(CC3COC3)ccc21. The Balaban J connectivity index is 1.26. The Hall–Kier alpha value is -3.52. The molecule has 2 fully saturated rings. The fraction of sp³-hybridized carbons (Fsp3) is 0.484. The smallest absolute Gasteiger partial charge is 0.278 e. The minimum atomic E-state index is -0.235. The molecule has 0 spiro atoms. The quantitative estimate of drug-likeness (QED) is 0.468. The Labute approximate surface area is 229 Å². The molecule has 1 aromatic carbocycles. The van der Waals surface area contributed by atoms with Gasteiger partial charge in [0.05, 0.1) is 43.3 Å². The maximum absolute atomic E-state index is 13.6. The molecule has 1 atom stereocenters. The highest BCUT2D eigenvalue weighted by Gasteiger charge is 2.31. The van der Waals surface area contributed by atoms with E-state index in [9.17, 15) is 4.79 Å². The number of aromatic nitrogens is 3. The highest BCUT2D eigenvalue weighted by atomic mass is 16.5. The average Bonchev–Trinajstić information content (AvgIpc) is 3.57. The molecule has 39 heavy (non-hydrogen) atoms. The second-order valence-corrected chi connectivity index (χ2v) is 11.7. The molecule has 0 unspecified atom stereocenters. The lowest BCUT2D eigenvalue weighted by atomic mass is 9.96. The van der Waals surface area contributed by atoms with Crippen LogP contribution in [0.2, 0.25) is 0 Å². The van der Waals surface area contributed by atoms with Crippen LogP contribution in [0, 0.1) is 18.8 Å². The zero-order chi connectivity index (χ0) is 26.5. The fourth-order valence-corrected chi connectivity index (χ4v) is 5.98. The Kier molecular flexibility index (Phi) is 6.22. The van der Waals surface area contributed by atoms with Crippen molar-refractivity contribution in [2.24, 2.45) is 16.8 Å². The highest BCUT2D eigenvalue weighted by molar-refractivity contribution is 6.12. The zero-order valence-electron chi connectivity index (χ0n) is 22.7. The van der Waals surface area contributed by atoms with Crippen molar-refractivity contribution in [2.45, 2.75) is 58.4 Å². The second kappa shape index (κ2) is 9.90. The van der Waals surface area contributed by atoms with Gasteiger partial charge in [0.25, 0.3) is 5.91 Å². The van der Waals surface area contributed by atoms with Crippen LogP contribution >= 0.6 is 0 Å². The first kappa shape index (κ1) is 24.5. The first-order valence-electron chi connectivity index (χ1n) is 14.3. The maximum atomic E-state index is 13.6. The number of pyridine rings is 1. The molecule has 4 aliphatic rings. The third-order valence-corrected chi connectivity index (χ3v) is 8.25. The summed E-state index contributed by atoms with van der Waals surface area (Å²) in [6, 6.07) is 10.8.